The average molecular weight is 227 g/mol. The lowest BCUT2D eigenvalue weighted by molar-refractivity contribution is -0.119. The summed E-state index contributed by atoms with van der Waals surface area (Å²) >= 11 is 0. The molecule has 0 aromatic carbocycles. The molecule has 4 heteroatoms. The Hall–Kier alpha value is -0.610. The van der Waals surface area contributed by atoms with E-state index in [4.69, 9.17) is 11.5 Å². The van der Waals surface area contributed by atoms with Crippen LogP contribution in [0.2, 0.25) is 0 Å². The van der Waals surface area contributed by atoms with Gasteiger partial charge in [-0.05, 0) is 38.8 Å². The summed E-state index contributed by atoms with van der Waals surface area (Å²) in [6.07, 6.45) is 8.40. The van der Waals surface area contributed by atoms with E-state index in [2.05, 4.69) is 4.90 Å². The molecular weight excluding hydrogens is 202 g/mol. The van der Waals surface area contributed by atoms with E-state index in [1.165, 1.54) is 25.7 Å². The molecule has 0 radical (unpaired) electrons. The molecule has 0 heterocycles. The van der Waals surface area contributed by atoms with E-state index in [-0.39, 0.29) is 5.91 Å². The van der Waals surface area contributed by atoms with Crippen LogP contribution in [0.15, 0.2) is 0 Å². The minimum absolute atomic E-state index is 0.203. The Morgan fingerprint density at radius 2 is 1.88 bits per heavy atom. The fraction of sp³-hybridized carbons (Fsp3) is 0.917. The van der Waals surface area contributed by atoms with Crippen LogP contribution in [-0.4, -0.2) is 36.5 Å². The van der Waals surface area contributed by atoms with Crippen LogP contribution in [0.1, 0.15) is 44.9 Å². The van der Waals surface area contributed by atoms with Gasteiger partial charge in [0.1, 0.15) is 0 Å². The van der Waals surface area contributed by atoms with Crippen molar-refractivity contribution in [2.75, 3.05) is 19.6 Å². The van der Waals surface area contributed by atoms with Crippen molar-refractivity contribution < 1.29 is 4.79 Å². The van der Waals surface area contributed by atoms with Crippen molar-refractivity contribution >= 4 is 5.91 Å². The molecule has 1 rings (SSSR count). The molecule has 94 valence electrons. The maximum absolute atomic E-state index is 11.0. The Bertz CT molecular complexity index is 202. The predicted molar refractivity (Wildman–Crippen MR) is 65.9 cm³/mol. The molecule has 0 unspecified atom stereocenters. The highest BCUT2D eigenvalue weighted by molar-refractivity contribution is 5.75. The van der Waals surface area contributed by atoms with Crippen LogP contribution in [0.5, 0.6) is 0 Å². The Morgan fingerprint density at radius 3 is 2.44 bits per heavy atom. The number of rotatable bonds is 8. The number of nitrogens with two attached hydrogens (primary N) is 2. The van der Waals surface area contributed by atoms with Gasteiger partial charge in [0.2, 0.25) is 5.91 Å². The zero-order chi connectivity index (χ0) is 11.8. The summed E-state index contributed by atoms with van der Waals surface area (Å²) < 4.78 is 0. The first-order valence-electron chi connectivity index (χ1n) is 6.46. The number of amides is 1. The van der Waals surface area contributed by atoms with Crippen LogP contribution in [-0.2, 0) is 4.79 Å². The molecule has 0 aromatic rings. The molecule has 0 aliphatic heterocycles. The number of primary amides is 1. The molecule has 1 fully saturated rings. The van der Waals surface area contributed by atoms with Gasteiger partial charge >= 0.3 is 0 Å². The third-order valence-corrected chi connectivity index (χ3v) is 3.35. The molecule has 1 aliphatic carbocycles. The van der Waals surface area contributed by atoms with Crippen LogP contribution in [0, 0.1) is 0 Å². The maximum atomic E-state index is 11.0. The number of hydrogen-bond donors (Lipinski definition) is 2. The standard InChI is InChI=1S/C12H25N3O/c13-8-4-1-5-9-15(10-12(14)16)11-6-2-3-7-11/h11H,1-10,13H2,(H2,14,16). The molecule has 0 atom stereocenters. The number of unbranched alkanes of at least 4 members (excludes halogenated alkanes) is 2. The molecule has 16 heavy (non-hydrogen) atoms. The zero-order valence-corrected chi connectivity index (χ0v) is 10.2. The number of carbonyl (C=O) groups is 1. The fourth-order valence-electron chi connectivity index (χ4n) is 2.50. The molecule has 4 N–H and O–H groups in total. The van der Waals surface area contributed by atoms with Crippen molar-refractivity contribution in [2.45, 2.75) is 51.0 Å². The lowest BCUT2D eigenvalue weighted by Gasteiger charge is -2.27. The first-order valence-corrected chi connectivity index (χ1v) is 6.46. The average Bonchev–Trinajstić information content (AvgIpc) is 2.75. The lowest BCUT2D eigenvalue weighted by atomic mass is 10.1. The monoisotopic (exact) mass is 227 g/mol. The van der Waals surface area contributed by atoms with Gasteiger partial charge < -0.3 is 11.5 Å². The predicted octanol–water partition coefficient (Wildman–Crippen LogP) is 0.845. The third kappa shape index (κ3) is 4.94. The molecule has 1 aliphatic rings. The summed E-state index contributed by atoms with van der Waals surface area (Å²) in [6.45, 7) is 2.18. The van der Waals surface area contributed by atoms with Gasteiger partial charge in [0.05, 0.1) is 6.54 Å². The molecule has 1 amide bonds. The molecule has 4 nitrogen and oxygen atoms in total. The number of carbonyl (C=O) groups excluding carboxylic acids is 1. The van der Waals surface area contributed by atoms with Crippen LogP contribution < -0.4 is 11.5 Å². The molecule has 0 bridgehead atoms. The van der Waals surface area contributed by atoms with Crippen LogP contribution >= 0.6 is 0 Å². The van der Waals surface area contributed by atoms with E-state index in [1.807, 2.05) is 0 Å². The first kappa shape index (κ1) is 13.5. The van der Waals surface area contributed by atoms with Crippen LogP contribution in [0.4, 0.5) is 0 Å². The maximum Gasteiger partial charge on any atom is 0.231 e. The smallest absolute Gasteiger partial charge is 0.231 e. The van der Waals surface area contributed by atoms with Crippen molar-refractivity contribution in [2.24, 2.45) is 11.5 Å². The van der Waals surface area contributed by atoms with Gasteiger partial charge in [-0.15, -0.1) is 0 Å². The second kappa shape index (κ2) is 7.63. The summed E-state index contributed by atoms with van der Waals surface area (Å²) in [4.78, 5) is 13.3. The van der Waals surface area contributed by atoms with E-state index >= 15 is 0 Å². The van der Waals surface area contributed by atoms with Gasteiger partial charge in [0.15, 0.2) is 0 Å². The van der Waals surface area contributed by atoms with Crippen molar-refractivity contribution in [3.63, 3.8) is 0 Å². The van der Waals surface area contributed by atoms with E-state index in [1.54, 1.807) is 0 Å². The summed E-state index contributed by atoms with van der Waals surface area (Å²) in [5.74, 6) is -0.203. The summed E-state index contributed by atoms with van der Waals surface area (Å²) in [5.41, 5.74) is 10.8. The summed E-state index contributed by atoms with van der Waals surface area (Å²) in [7, 11) is 0. The topological polar surface area (TPSA) is 72.3 Å². The molecule has 0 aromatic heterocycles. The molecule has 1 saturated carbocycles. The fourth-order valence-corrected chi connectivity index (χ4v) is 2.50. The SMILES string of the molecule is NCCCCCN(CC(N)=O)C1CCCC1. The lowest BCUT2D eigenvalue weighted by Crippen LogP contribution is -2.40. The summed E-state index contributed by atoms with van der Waals surface area (Å²) in [6, 6.07) is 0.588. The second-order valence-electron chi connectivity index (χ2n) is 4.72. The Balaban J connectivity index is 2.28. The van der Waals surface area contributed by atoms with Gasteiger partial charge in [-0.3, -0.25) is 9.69 Å². The van der Waals surface area contributed by atoms with E-state index in [0.29, 0.717) is 12.6 Å². The minimum atomic E-state index is -0.203. The van der Waals surface area contributed by atoms with Crippen LogP contribution in [0.3, 0.4) is 0 Å². The number of nitrogens with zero attached hydrogens (tertiary/aromatic N) is 1. The van der Waals surface area contributed by atoms with E-state index in [9.17, 15) is 4.79 Å². The van der Waals surface area contributed by atoms with E-state index in [0.717, 1.165) is 32.4 Å². The van der Waals surface area contributed by atoms with Crippen LogP contribution in [0.25, 0.3) is 0 Å². The quantitative estimate of drug-likeness (QED) is 0.604. The molecule has 0 spiro atoms. The van der Waals surface area contributed by atoms with E-state index < -0.39 is 0 Å². The van der Waals surface area contributed by atoms with Gasteiger partial charge in [-0.2, -0.15) is 0 Å². The largest absolute Gasteiger partial charge is 0.369 e. The van der Waals surface area contributed by atoms with Crippen molar-refractivity contribution in [3.8, 4) is 0 Å². The van der Waals surface area contributed by atoms with Crippen molar-refractivity contribution in [3.05, 3.63) is 0 Å². The van der Waals surface area contributed by atoms with Crippen molar-refractivity contribution in [1.29, 1.82) is 0 Å². The highest BCUT2D eigenvalue weighted by Crippen LogP contribution is 2.23. The van der Waals surface area contributed by atoms with Gasteiger partial charge in [-0.25, -0.2) is 0 Å². The Labute approximate surface area is 98.3 Å². The van der Waals surface area contributed by atoms with Gasteiger partial charge in [0.25, 0.3) is 0 Å². The third-order valence-electron chi connectivity index (χ3n) is 3.35. The molecular formula is C12H25N3O. The minimum Gasteiger partial charge on any atom is -0.369 e. The van der Waals surface area contributed by atoms with Gasteiger partial charge in [-0.1, -0.05) is 19.3 Å². The Kier molecular flexibility index (Phi) is 6.42. The van der Waals surface area contributed by atoms with Gasteiger partial charge in [0, 0.05) is 6.04 Å². The zero-order valence-electron chi connectivity index (χ0n) is 10.2. The summed E-state index contributed by atoms with van der Waals surface area (Å²) in [5, 5.41) is 0. The normalized spacial score (nSPS) is 17.1. The highest BCUT2D eigenvalue weighted by Gasteiger charge is 2.22. The highest BCUT2D eigenvalue weighted by atomic mass is 16.1. The number of hydrogen-bond acceptors (Lipinski definition) is 3. The van der Waals surface area contributed by atoms with Crippen molar-refractivity contribution in [1.82, 2.24) is 4.90 Å². The Morgan fingerprint density at radius 1 is 1.19 bits per heavy atom. The molecule has 0 saturated heterocycles. The second-order valence-corrected chi connectivity index (χ2v) is 4.72. The first-order chi connectivity index (χ1) is 7.74.